The Morgan fingerprint density at radius 2 is 1.69 bits per heavy atom. The van der Waals surface area contributed by atoms with E-state index < -0.39 is 0 Å². The molecule has 3 aliphatic carbocycles. The summed E-state index contributed by atoms with van der Waals surface area (Å²) < 4.78 is 0. The molecule has 0 saturated heterocycles. The quantitative estimate of drug-likeness (QED) is 0.746. The third kappa shape index (κ3) is 1.81. The number of nitrogens with one attached hydrogen (secondary N) is 1. The van der Waals surface area contributed by atoms with Crippen molar-refractivity contribution in [1.29, 1.82) is 0 Å². The number of rotatable bonds is 2. The molecule has 1 heteroatoms. The molecule has 92 valence electrons. The fourth-order valence-electron chi connectivity index (χ4n) is 4.46. The fraction of sp³-hybridized carbons (Fsp3) is 1.00. The van der Waals surface area contributed by atoms with Gasteiger partial charge in [0.15, 0.2) is 0 Å². The van der Waals surface area contributed by atoms with E-state index in [1.807, 2.05) is 0 Å². The highest BCUT2D eigenvalue weighted by Gasteiger charge is 2.47. The zero-order valence-electron chi connectivity index (χ0n) is 10.8. The predicted octanol–water partition coefficient (Wildman–Crippen LogP) is 3.88. The van der Waals surface area contributed by atoms with E-state index in [1.165, 1.54) is 64.2 Å². The van der Waals surface area contributed by atoms with Crippen LogP contribution >= 0.6 is 0 Å². The third-order valence-electron chi connectivity index (χ3n) is 5.80. The lowest BCUT2D eigenvalue weighted by molar-refractivity contribution is 0.0141. The predicted molar refractivity (Wildman–Crippen MR) is 68.5 cm³/mol. The first kappa shape index (κ1) is 11.1. The first-order valence-electron chi connectivity index (χ1n) is 7.56. The second kappa shape index (κ2) is 4.33. The van der Waals surface area contributed by atoms with Gasteiger partial charge in [0.2, 0.25) is 0 Å². The molecule has 3 atom stereocenters. The van der Waals surface area contributed by atoms with Crippen LogP contribution in [0.3, 0.4) is 0 Å². The molecule has 0 aromatic carbocycles. The number of hydrogen-bond acceptors (Lipinski definition) is 1. The number of hydrogen-bond donors (Lipinski definition) is 1. The van der Waals surface area contributed by atoms with E-state index in [0.29, 0.717) is 0 Å². The van der Waals surface area contributed by atoms with Crippen molar-refractivity contribution in [3.05, 3.63) is 0 Å². The van der Waals surface area contributed by atoms with Crippen LogP contribution < -0.4 is 5.32 Å². The zero-order valence-corrected chi connectivity index (χ0v) is 10.8. The largest absolute Gasteiger partial charge is 0.310 e. The van der Waals surface area contributed by atoms with Gasteiger partial charge in [0.05, 0.1) is 0 Å². The third-order valence-corrected chi connectivity index (χ3v) is 5.80. The minimum atomic E-state index is 0.751. The Morgan fingerprint density at radius 3 is 2.25 bits per heavy atom. The van der Waals surface area contributed by atoms with Gasteiger partial charge >= 0.3 is 0 Å². The molecule has 3 saturated carbocycles. The molecule has 3 fully saturated rings. The van der Waals surface area contributed by atoms with Gasteiger partial charge in [-0.2, -0.15) is 0 Å². The van der Waals surface area contributed by atoms with Crippen molar-refractivity contribution in [1.82, 2.24) is 5.32 Å². The highest BCUT2D eigenvalue weighted by atomic mass is 15.0. The van der Waals surface area contributed by atoms with Crippen molar-refractivity contribution in [2.75, 3.05) is 0 Å². The van der Waals surface area contributed by atoms with Gasteiger partial charge in [0.1, 0.15) is 0 Å². The lowest BCUT2D eigenvalue weighted by atomic mass is 9.57. The van der Waals surface area contributed by atoms with E-state index in [9.17, 15) is 0 Å². The highest BCUT2D eigenvalue weighted by Crippen LogP contribution is 2.52. The molecule has 16 heavy (non-hydrogen) atoms. The smallest absolute Gasteiger partial charge is 0.0126 e. The Labute approximate surface area is 100 Å². The van der Waals surface area contributed by atoms with Crippen LogP contribution in [0.1, 0.15) is 71.1 Å². The van der Waals surface area contributed by atoms with Crippen LogP contribution in [0, 0.1) is 11.3 Å². The van der Waals surface area contributed by atoms with Gasteiger partial charge in [-0.25, -0.2) is 0 Å². The van der Waals surface area contributed by atoms with Crippen LogP contribution in [0.4, 0.5) is 0 Å². The van der Waals surface area contributed by atoms with Gasteiger partial charge in [-0.15, -0.1) is 0 Å². The average Bonchev–Trinajstić information content (AvgIpc) is 2.72. The van der Waals surface area contributed by atoms with Crippen LogP contribution in [0.25, 0.3) is 0 Å². The summed E-state index contributed by atoms with van der Waals surface area (Å²) in [5.74, 6) is 0.932. The molecule has 3 aliphatic rings. The lowest BCUT2D eigenvalue weighted by Crippen LogP contribution is -2.57. The first-order valence-corrected chi connectivity index (χ1v) is 7.56. The van der Waals surface area contributed by atoms with Gasteiger partial charge in [0, 0.05) is 12.1 Å². The molecule has 1 N–H and O–H groups in total. The van der Waals surface area contributed by atoms with Crippen LogP contribution in [0.5, 0.6) is 0 Å². The maximum atomic E-state index is 4.03. The second-order valence-electron chi connectivity index (χ2n) is 6.70. The van der Waals surface area contributed by atoms with Crippen LogP contribution in [-0.4, -0.2) is 12.1 Å². The molecule has 0 aromatic heterocycles. The minimum absolute atomic E-state index is 0.751. The van der Waals surface area contributed by atoms with E-state index in [4.69, 9.17) is 0 Å². The standard InChI is InChI=1S/C15H27N/c1-12-6-5-7-13(12)16-14-8-11-15(14)9-3-2-4-10-15/h12-14,16H,2-11H2,1H3. The summed E-state index contributed by atoms with van der Waals surface area (Å²) in [5, 5.41) is 4.03. The molecular formula is C15H27N. The molecule has 0 amide bonds. The van der Waals surface area contributed by atoms with Gasteiger partial charge in [-0.05, 0) is 49.9 Å². The van der Waals surface area contributed by atoms with Gasteiger partial charge in [-0.3, -0.25) is 0 Å². The molecule has 0 bridgehead atoms. The monoisotopic (exact) mass is 221 g/mol. The van der Waals surface area contributed by atoms with Crippen LogP contribution in [-0.2, 0) is 0 Å². The summed E-state index contributed by atoms with van der Waals surface area (Å²) >= 11 is 0. The van der Waals surface area contributed by atoms with Crippen molar-refractivity contribution in [2.24, 2.45) is 11.3 Å². The topological polar surface area (TPSA) is 12.0 Å². The first-order chi connectivity index (χ1) is 7.80. The molecule has 1 nitrogen and oxygen atoms in total. The maximum absolute atomic E-state index is 4.03. The summed E-state index contributed by atoms with van der Waals surface area (Å²) in [6.45, 7) is 2.44. The summed E-state index contributed by atoms with van der Waals surface area (Å²) in [7, 11) is 0. The van der Waals surface area contributed by atoms with E-state index in [0.717, 1.165) is 23.4 Å². The fourth-order valence-corrected chi connectivity index (χ4v) is 4.46. The Kier molecular flexibility index (Phi) is 2.99. The summed E-state index contributed by atoms with van der Waals surface area (Å²) in [6, 6.07) is 1.74. The molecule has 0 radical (unpaired) electrons. The Bertz CT molecular complexity index is 242. The van der Waals surface area contributed by atoms with Crippen LogP contribution in [0.2, 0.25) is 0 Å². The Balaban J connectivity index is 1.58. The SMILES string of the molecule is CC1CCCC1NC1CCC12CCCCC2. The van der Waals surface area contributed by atoms with E-state index >= 15 is 0 Å². The summed E-state index contributed by atoms with van der Waals surface area (Å²) in [5.41, 5.74) is 0.751. The van der Waals surface area contributed by atoms with E-state index in [2.05, 4.69) is 12.2 Å². The average molecular weight is 221 g/mol. The molecule has 0 heterocycles. The van der Waals surface area contributed by atoms with Crippen LogP contribution in [0.15, 0.2) is 0 Å². The summed E-state index contributed by atoms with van der Waals surface area (Å²) in [6.07, 6.45) is 14.9. The van der Waals surface area contributed by atoms with Gasteiger partial charge in [-0.1, -0.05) is 32.6 Å². The zero-order chi connectivity index (χ0) is 11.0. The summed E-state index contributed by atoms with van der Waals surface area (Å²) in [4.78, 5) is 0. The highest BCUT2D eigenvalue weighted by molar-refractivity contribution is 5.03. The van der Waals surface area contributed by atoms with Gasteiger partial charge < -0.3 is 5.32 Å². The second-order valence-corrected chi connectivity index (χ2v) is 6.70. The van der Waals surface area contributed by atoms with Crippen molar-refractivity contribution in [2.45, 2.75) is 83.2 Å². The normalized spacial score (nSPS) is 42.2. The van der Waals surface area contributed by atoms with E-state index in [-0.39, 0.29) is 0 Å². The van der Waals surface area contributed by atoms with Crippen molar-refractivity contribution >= 4 is 0 Å². The molecular weight excluding hydrogens is 194 g/mol. The molecule has 0 aromatic rings. The molecule has 0 aliphatic heterocycles. The lowest BCUT2D eigenvalue weighted by Gasteiger charge is -2.53. The Hall–Kier alpha value is -0.0400. The van der Waals surface area contributed by atoms with Crippen molar-refractivity contribution < 1.29 is 0 Å². The van der Waals surface area contributed by atoms with Crippen molar-refractivity contribution in [3.8, 4) is 0 Å². The molecule has 3 unspecified atom stereocenters. The minimum Gasteiger partial charge on any atom is -0.310 e. The Morgan fingerprint density at radius 1 is 0.875 bits per heavy atom. The maximum Gasteiger partial charge on any atom is 0.0126 e. The molecule has 1 spiro atoms. The van der Waals surface area contributed by atoms with E-state index in [1.54, 1.807) is 0 Å². The molecule has 3 rings (SSSR count). The van der Waals surface area contributed by atoms with Gasteiger partial charge in [0.25, 0.3) is 0 Å². The van der Waals surface area contributed by atoms with Crippen molar-refractivity contribution in [3.63, 3.8) is 0 Å².